The fourth-order valence-corrected chi connectivity index (χ4v) is 3.68. The van der Waals surface area contributed by atoms with Crippen LogP contribution in [-0.2, 0) is 13.0 Å². The molecule has 3 heterocycles. The number of hydrogen-bond acceptors (Lipinski definition) is 5. The number of likely N-dealkylation sites (tertiary alicyclic amines) is 1. The van der Waals surface area contributed by atoms with Gasteiger partial charge < -0.3 is 4.52 Å². The monoisotopic (exact) mass is 291 g/mol. The lowest BCUT2D eigenvalue weighted by molar-refractivity contribution is 0.214. The second kappa shape index (κ2) is 6.50. The molecule has 108 valence electrons. The van der Waals surface area contributed by atoms with E-state index in [9.17, 15) is 0 Å². The summed E-state index contributed by atoms with van der Waals surface area (Å²) < 4.78 is 5.39. The maximum atomic E-state index is 5.39. The van der Waals surface area contributed by atoms with Crippen molar-refractivity contribution in [2.45, 2.75) is 51.6 Å². The Morgan fingerprint density at radius 3 is 3.25 bits per heavy atom. The van der Waals surface area contributed by atoms with Gasteiger partial charge in [-0.2, -0.15) is 4.98 Å². The molecule has 0 N–H and O–H groups in total. The van der Waals surface area contributed by atoms with Crippen molar-refractivity contribution in [1.82, 2.24) is 15.0 Å². The van der Waals surface area contributed by atoms with Crippen LogP contribution in [0.25, 0.3) is 0 Å². The molecule has 5 heteroatoms. The Labute approximate surface area is 123 Å². The molecule has 1 atom stereocenters. The van der Waals surface area contributed by atoms with Crippen LogP contribution in [0.4, 0.5) is 0 Å². The zero-order chi connectivity index (χ0) is 13.8. The van der Waals surface area contributed by atoms with Crippen LogP contribution in [0.15, 0.2) is 22.0 Å². The molecule has 3 rings (SSSR count). The Balaban J connectivity index is 1.63. The summed E-state index contributed by atoms with van der Waals surface area (Å²) in [4.78, 5) is 8.42. The number of unbranched alkanes of at least 4 members (excludes halogenated alkanes) is 1. The predicted molar refractivity (Wildman–Crippen MR) is 79.6 cm³/mol. The lowest BCUT2D eigenvalue weighted by Crippen LogP contribution is -2.22. The quantitative estimate of drug-likeness (QED) is 0.811. The SMILES string of the molecule is CCCCc1noc(CN2CCCC2c2cccs2)n1. The van der Waals surface area contributed by atoms with Gasteiger partial charge in [0.15, 0.2) is 5.82 Å². The van der Waals surface area contributed by atoms with Crippen LogP contribution < -0.4 is 0 Å². The zero-order valence-electron chi connectivity index (χ0n) is 11.9. The van der Waals surface area contributed by atoms with Gasteiger partial charge in [0.1, 0.15) is 0 Å². The summed E-state index contributed by atoms with van der Waals surface area (Å²) in [5.41, 5.74) is 0. The minimum atomic E-state index is 0.529. The molecule has 2 aromatic rings. The summed E-state index contributed by atoms with van der Waals surface area (Å²) in [5.74, 6) is 1.62. The van der Waals surface area contributed by atoms with Crippen molar-refractivity contribution in [2.75, 3.05) is 6.54 Å². The normalized spacial score (nSPS) is 19.8. The van der Waals surface area contributed by atoms with Gasteiger partial charge in [0, 0.05) is 17.3 Å². The Morgan fingerprint density at radius 1 is 1.50 bits per heavy atom. The molecule has 2 aromatic heterocycles. The van der Waals surface area contributed by atoms with Gasteiger partial charge in [0.2, 0.25) is 5.89 Å². The number of nitrogens with zero attached hydrogens (tertiary/aromatic N) is 3. The first-order valence-electron chi connectivity index (χ1n) is 7.45. The summed E-state index contributed by atoms with van der Waals surface area (Å²) in [5, 5.41) is 6.23. The van der Waals surface area contributed by atoms with E-state index in [0.29, 0.717) is 6.04 Å². The first-order valence-corrected chi connectivity index (χ1v) is 8.33. The van der Waals surface area contributed by atoms with Crippen molar-refractivity contribution in [2.24, 2.45) is 0 Å². The van der Waals surface area contributed by atoms with Gasteiger partial charge in [0.05, 0.1) is 6.54 Å². The second-order valence-electron chi connectivity index (χ2n) is 5.35. The van der Waals surface area contributed by atoms with E-state index in [2.05, 4.69) is 39.5 Å². The van der Waals surface area contributed by atoms with Crippen molar-refractivity contribution in [3.05, 3.63) is 34.1 Å². The van der Waals surface area contributed by atoms with Gasteiger partial charge in [-0.05, 0) is 37.3 Å². The van der Waals surface area contributed by atoms with Crippen LogP contribution in [0.2, 0.25) is 0 Å². The largest absolute Gasteiger partial charge is 0.338 e. The van der Waals surface area contributed by atoms with Gasteiger partial charge in [-0.25, -0.2) is 0 Å². The molecule has 0 amide bonds. The first kappa shape index (κ1) is 13.8. The van der Waals surface area contributed by atoms with Gasteiger partial charge in [-0.3, -0.25) is 4.90 Å². The minimum Gasteiger partial charge on any atom is -0.338 e. The third-order valence-electron chi connectivity index (χ3n) is 3.84. The summed E-state index contributed by atoms with van der Waals surface area (Å²) in [6.07, 6.45) is 5.70. The van der Waals surface area contributed by atoms with Crippen molar-refractivity contribution in [1.29, 1.82) is 0 Å². The first-order chi connectivity index (χ1) is 9.86. The average molecular weight is 291 g/mol. The van der Waals surface area contributed by atoms with Crippen LogP contribution >= 0.6 is 11.3 Å². The minimum absolute atomic E-state index is 0.529. The summed E-state index contributed by atoms with van der Waals surface area (Å²) in [6, 6.07) is 4.89. The predicted octanol–water partition coefficient (Wildman–Crippen LogP) is 3.81. The number of rotatable bonds is 6. The third kappa shape index (κ3) is 3.10. The smallest absolute Gasteiger partial charge is 0.240 e. The molecule has 1 unspecified atom stereocenters. The Kier molecular flexibility index (Phi) is 4.47. The Bertz CT molecular complexity index is 523. The standard InChI is InChI=1S/C15H21N3OS/c1-2-3-8-14-16-15(19-17-14)11-18-9-4-6-12(18)13-7-5-10-20-13/h5,7,10,12H,2-4,6,8-9,11H2,1H3. The van der Waals surface area contributed by atoms with E-state index in [1.807, 2.05) is 11.3 Å². The van der Waals surface area contributed by atoms with Crippen molar-refractivity contribution in [3.8, 4) is 0 Å². The highest BCUT2D eigenvalue weighted by Gasteiger charge is 2.28. The van der Waals surface area contributed by atoms with Crippen LogP contribution in [0.1, 0.15) is 55.2 Å². The highest BCUT2D eigenvalue weighted by atomic mass is 32.1. The lowest BCUT2D eigenvalue weighted by Gasteiger charge is -2.21. The number of aromatic nitrogens is 2. The maximum absolute atomic E-state index is 5.39. The van der Waals surface area contributed by atoms with Crippen molar-refractivity contribution < 1.29 is 4.52 Å². The number of aryl methyl sites for hydroxylation is 1. The third-order valence-corrected chi connectivity index (χ3v) is 4.81. The van der Waals surface area contributed by atoms with Crippen LogP contribution in [0, 0.1) is 0 Å². The number of hydrogen-bond donors (Lipinski definition) is 0. The topological polar surface area (TPSA) is 42.2 Å². The van der Waals surface area contributed by atoms with E-state index in [1.165, 1.54) is 17.7 Å². The van der Waals surface area contributed by atoms with Crippen LogP contribution in [0.5, 0.6) is 0 Å². The molecular weight excluding hydrogens is 270 g/mol. The zero-order valence-corrected chi connectivity index (χ0v) is 12.7. The van der Waals surface area contributed by atoms with Crippen molar-refractivity contribution in [3.63, 3.8) is 0 Å². The Hall–Kier alpha value is -1.20. The van der Waals surface area contributed by atoms with Gasteiger partial charge in [-0.15, -0.1) is 11.3 Å². The summed E-state index contributed by atoms with van der Waals surface area (Å²) in [7, 11) is 0. The molecule has 1 fully saturated rings. The van der Waals surface area contributed by atoms with Crippen LogP contribution in [-0.4, -0.2) is 21.6 Å². The Morgan fingerprint density at radius 2 is 2.45 bits per heavy atom. The van der Waals surface area contributed by atoms with E-state index in [0.717, 1.165) is 44.1 Å². The fraction of sp³-hybridized carbons (Fsp3) is 0.600. The van der Waals surface area contributed by atoms with E-state index >= 15 is 0 Å². The highest BCUT2D eigenvalue weighted by molar-refractivity contribution is 7.10. The molecule has 0 saturated carbocycles. The lowest BCUT2D eigenvalue weighted by atomic mass is 10.2. The highest BCUT2D eigenvalue weighted by Crippen LogP contribution is 2.35. The van der Waals surface area contributed by atoms with Gasteiger partial charge >= 0.3 is 0 Å². The maximum Gasteiger partial charge on any atom is 0.240 e. The molecule has 20 heavy (non-hydrogen) atoms. The molecule has 1 aliphatic rings. The summed E-state index contributed by atoms with van der Waals surface area (Å²) >= 11 is 1.84. The average Bonchev–Trinajstić information content (AvgIpc) is 3.18. The molecule has 0 radical (unpaired) electrons. The van der Waals surface area contributed by atoms with E-state index in [1.54, 1.807) is 0 Å². The molecule has 1 saturated heterocycles. The van der Waals surface area contributed by atoms with Crippen molar-refractivity contribution >= 4 is 11.3 Å². The molecular formula is C15H21N3OS. The van der Waals surface area contributed by atoms with Crippen LogP contribution in [0.3, 0.4) is 0 Å². The second-order valence-corrected chi connectivity index (χ2v) is 6.33. The summed E-state index contributed by atoms with van der Waals surface area (Å²) in [6.45, 7) is 4.08. The molecule has 4 nitrogen and oxygen atoms in total. The molecule has 0 spiro atoms. The fourth-order valence-electron chi connectivity index (χ4n) is 2.78. The van der Waals surface area contributed by atoms with E-state index < -0.39 is 0 Å². The molecule has 1 aliphatic heterocycles. The van der Waals surface area contributed by atoms with E-state index in [4.69, 9.17) is 4.52 Å². The molecule has 0 bridgehead atoms. The number of thiophene rings is 1. The van der Waals surface area contributed by atoms with E-state index in [-0.39, 0.29) is 0 Å². The molecule has 0 aromatic carbocycles. The molecule has 0 aliphatic carbocycles. The van der Waals surface area contributed by atoms with Gasteiger partial charge in [0.25, 0.3) is 0 Å². The van der Waals surface area contributed by atoms with Gasteiger partial charge in [-0.1, -0.05) is 24.6 Å².